The van der Waals surface area contributed by atoms with Crippen LogP contribution in [0.4, 0.5) is 11.4 Å². The number of carbonyl (C=O) groups excluding carboxylic acids is 2. The summed E-state index contributed by atoms with van der Waals surface area (Å²) in [6.45, 7) is 3.07. The van der Waals surface area contributed by atoms with Gasteiger partial charge in [-0.15, -0.1) is 0 Å². The molecule has 0 bridgehead atoms. The third-order valence-corrected chi connectivity index (χ3v) is 3.33. The van der Waals surface area contributed by atoms with E-state index in [2.05, 4.69) is 10.6 Å². The largest absolute Gasteiger partial charge is 0.397 e. The van der Waals surface area contributed by atoms with E-state index in [9.17, 15) is 9.59 Å². The van der Waals surface area contributed by atoms with Crippen LogP contribution in [0.15, 0.2) is 18.2 Å². The van der Waals surface area contributed by atoms with Gasteiger partial charge < -0.3 is 21.3 Å². The molecule has 1 saturated heterocycles. The maximum Gasteiger partial charge on any atom is 0.251 e. The molecule has 2 rings (SSSR count). The van der Waals surface area contributed by atoms with E-state index in [1.165, 1.54) is 0 Å². The number of nitrogen functional groups attached to an aromatic ring is 1. The molecule has 1 aromatic rings. The first-order chi connectivity index (χ1) is 9.04. The quantitative estimate of drug-likeness (QED) is 0.652. The third-order valence-electron chi connectivity index (χ3n) is 3.33. The Hall–Kier alpha value is -2.24. The maximum atomic E-state index is 11.7. The second-order valence-electron chi connectivity index (χ2n) is 4.51. The molecule has 102 valence electrons. The van der Waals surface area contributed by atoms with Crippen LogP contribution in [0.5, 0.6) is 0 Å². The summed E-state index contributed by atoms with van der Waals surface area (Å²) in [4.78, 5) is 25.3. The molecular formula is C13H18N4O2. The molecule has 1 aromatic carbocycles. The SMILES string of the molecule is CNC(=O)c1ccc(N)c(N2CCNC(=O)C2C)c1. The van der Waals surface area contributed by atoms with E-state index in [4.69, 9.17) is 5.73 Å². The number of amides is 2. The van der Waals surface area contributed by atoms with Gasteiger partial charge in [0, 0.05) is 25.7 Å². The van der Waals surface area contributed by atoms with Crippen molar-refractivity contribution >= 4 is 23.2 Å². The summed E-state index contributed by atoms with van der Waals surface area (Å²) >= 11 is 0. The van der Waals surface area contributed by atoms with Gasteiger partial charge in [-0.3, -0.25) is 9.59 Å². The average Bonchev–Trinajstić information content (AvgIpc) is 2.42. The number of nitrogens with one attached hydrogen (secondary N) is 2. The fourth-order valence-electron chi connectivity index (χ4n) is 2.19. The molecule has 6 nitrogen and oxygen atoms in total. The van der Waals surface area contributed by atoms with Gasteiger partial charge in [0.2, 0.25) is 5.91 Å². The maximum absolute atomic E-state index is 11.7. The van der Waals surface area contributed by atoms with Crippen LogP contribution in [0.25, 0.3) is 0 Å². The summed E-state index contributed by atoms with van der Waals surface area (Å²) in [5, 5.41) is 5.37. The van der Waals surface area contributed by atoms with Crippen molar-refractivity contribution < 1.29 is 9.59 Å². The normalized spacial score (nSPS) is 18.9. The van der Waals surface area contributed by atoms with Gasteiger partial charge >= 0.3 is 0 Å². The van der Waals surface area contributed by atoms with Gasteiger partial charge in [-0.05, 0) is 25.1 Å². The van der Waals surface area contributed by atoms with Gasteiger partial charge in [0.15, 0.2) is 0 Å². The Morgan fingerprint density at radius 2 is 2.26 bits per heavy atom. The molecule has 1 atom stereocenters. The Balaban J connectivity index is 2.37. The van der Waals surface area contributed by atoms with Gasteiger partial charge in [0.25, 0.3) is 5.91 Å². The fourth-order valence-corrected chi connectivity index (χ4v) is 2.19. The molecule has 0 aromatic heterocycles. The Kier molecular flexibility index (Phi) is 3.59. The van der Waals surface area contributed by atoms with Crippen molar-refractivity contribution in [1.82, 2.24) is 10.6 Å². The van der Waals surface area contributed by atoms with E-state index in [0.29, 0.717) is 24.3 Å². The highest BCUT2D eigenvalue weighted by molar-refractivity contribution is 5.96. The zero-order chi connectivity index (χ0) is 14.0. The van der Waals surface area contributed by atoms with E-state index < -0.39 is 0 Å². The molecular weight excluding hydrogens is 244 g/mol. The van der Waals surface area contributed by atoms with Crippen LogP contribution in [0.3, 0.4) is 0 Å². The Morgan fingerprint density at radius 1 is 1.53 bits per heavy atom. The van der Waals surface area contributed by atoms with Crippen molar-refractivity contribution in [1.29, 1.82) is 0 Å². The van der Waals surface area contributed by atoms with Crippen molar-refractivity contribution in [3.8, 4) is 0 Å². The van der Waals surface area contributed by atoms with Crippen LogP contribution < -0.4 is 21.3 Å². The number of benzene rings is 1. The molecule has 0 aliphatic carbocycles. The van der Waals surface area contributed by atoms with Gasteiger partial charge in [0.1, 0.15) is 6.04 Å². The highest BCUT2D eigenvalue weighted by Crippen LogP contribution is 2.27. The van der Waals surface area contributed by atoms with Crippen LogP contribution in [0, 0.1) is 0 Å². The highest BCUT2D eigenvalue weighted by atomic mass is 16.2. The predicted octanol–water partition coefficient (Wildman–Crippen LogP) is -0.0469. The molecule has 0 spiro atoms. The molecule has 1 heterocycles. The Labute approximate surface area is 112 Å². The summed E-state index contributed by atoms with van der Waals surface area (Å²) < 4.78 is 0. The number of carbonyl (C=O) groups is 2. The molecule has 1 unspecified atom stereocenters. The molecule has 6 heteroatoms. The lowest BCUT2D eigenvalue weighted by atomic mass is 10.1. The number of nitrogens with two attached hydrogens (primary N) is 1. The Morgan fingerprint density at radius 3 is 2.95 bits per heavy atom. The lowest BCUT2D eigenvalue weighted by Crippen LogP contribution is -2.54. The summed E-state index contributed by atoms with van der Waals surface area (Å²) in [5.41, 5.74) is 7.79. The number of hydrogen-bond acceptors (Lipinski definition) is 4. The minimum absolute atomic E-state index is 0.0315. The molecule has 1 aliphatic heterocycles. The van der Waals surface area contributed by atoms with Crippen molar-refractivity contribution in [2.75, 3.05) is 30.8 Å². The first kappa shape index (κ1) is 13.2. The van der Waals surface area contributed by atoms with E-state index in [1.807, 2.05) is 11.8 Å². The van der Waals surface area contributed by atoms with Crippen molar-refractivity contribution in [3.05, 3.63) is 23.8 Å². The minimum Gasteiger partial charge on any atom is -0.397 e. The molecule has 0 saturated carbocycles. The minimum atomic E-state index is -0.295. The molecule has 1 aliphatic rings. The summed E-state index contributed by atoms with van der Waals surface area (Å²) in [6, 6.07) is 4.80. The number of hydrogen-bond donors (Lipinski definition) is 3. The van der Waals surface area contributed by atoms with Gasteiger partial charge in [-0.1, -0.05) is 0 Å². The van der Waals surface area contributed by atoms with Gasteiger partial charge in [0.05, 0.1) is 11.4 Å². The summed E-state index contributed by atoms with van der Waals surface area (Å²) in [7, 11) is 1.58. The number of piperazine rings is 1. The molecule has 4 N–H and O–H groups in total. The zero-order valence-corrected chi connectivity index (χ0v) is 11.1. The lowest BCUT2D eigenvalue weighted by Gasteiger charge is -2.35. The predicted molar refractivity (Wildman–Crippen MR) is 74.1 cm³/mol. The molecule has 19 heavy (non-hydrogen) atoms. The molecule has 2 amide bonds. The van der Waals surface area contributed by atoms with E-state index in [0.717, 1.165) is 5.69 Å². The highest BCUT2D eigenvalue weighted by Gasteiger charge is 2.27. The van der Waals surface area contributed by atoms with Crippen molar-refractivity contribution in [3.63, 3.8) is 0 Å². The fraction of sp³-hybridized carbons (Fsp3) is 0.385. The second-order valence-corrected chi connectivity index (χ2v) is 4.51. The van der Waals surface area contributed by atoms with Crippen molar-refractivity contribution in [2.24, 2.45) is 0 Å². The van der Waals surface area contributed by atoms with Crippen LogP contribution >= 0.6 is 0 Å². The lowest BCUT2D eigenvalue weighted by molar-refractivity contribution is -0.122. The molecule has 1 fully saturated rings. The molecule has 0 radical (unpaired) electrons. The van der Waals surface area contributed by atoms with E-state index in [1.54, 1.807) is 25.2 Å². The smallest absolute Gasteiger partial charge is 0.251 e. The number of nitrogens with zero attached hydrogens (tertiary/aromatic N) is 1. The number of anilines is 2. The zero-order valence-electron chi connectivity index (χ0n) is 11.1. The first-order valence-electron chi connectivity index (χ1n) is 6.20. The number of rotatable bonds is 2. The van der Waals surface area contributed by atoms with Crippen LogP contribution in [0.1, 0.15) is 17.3 Å². The standard InChI is InChI=1S/C13H18N4O2/c1-8-12(18)16-5-6-17(8)11-7-9(13(19)15-2)3-4-10(11)14/h3-4,7-8H,5-6,14H2,1-2H3,(H,15,19)(H,16,18). The monoisotopic (exact) mass is 262 g/mol. The van der Waals surface area contributed by atoms with Gasteiger partial charge in [-0.25, -0.2) is 0 Å². The average molecular weight is 262 g/mol. The topological polar surface area (TPSA) is 87.5 Å². The van der Waals surface area contributed by atoms with E-state index in [-0.39, 0.29) is 17.9 Å². The summed E-state index contributed by atoms with van der Waals surface area (Å²) in [5.74, 6) is -0.202. The van der Waals surface area contributed by atoms with E-state index >= 15 is 0 Å². The van der Waals surface area contributed by atoms with Crippen LogP contribution in [-0.2, 0) is 4.79 Å². The Bertz CT molecular complexity index is 515. The van der Waals surface area contributed by atoms with Crippen molar-refractivity contribution in [2.45, 2.75) is 13.0 Å². The second kappa shape index (κ2) is 5.17. The summed E-state index contributed by atoms with van der Waals surface area (Å²) in [6.07, 6.45) is 0. The third kappa shape index (κ3) is 2.47. The van der Waals surface area contributed by atoms with Gasteiger partial charge in [-0.2, -0.15) is 0 Å². The first-order valence-corrected chi connectivity index (χ1v) is 6.20. The van der Waals surface area contributed by atoms with Crippen LogP contribution in [0.2, 0.25) is 0 Å². The van der Waals surface area contributed by atoms with Crippen LogP contribution in [-0.4, -0.2) is 38.0 Å².